The summed E-state index contributed by atoms with van der Waals surface area (Å²) in [6, 6.07) is 12.6. The lowest BCUT2D eigenvalue weighted by molar-refractivity contribution is -0.385. The Morgan fingerprint density at radius 1 is 1.30 bits per heavy atom. The van der Waals surface area contributed by atoms with Crippen molar-refractivity contribution in [2.45, 2.75) is 0 Å². The monoisotopic (exact) mass is 315 g/mol. The van der Waals surface area contributed by atoms with Gasteiger partial charge in [-0.2, -0.15) is 5.10 Å². The molecule has 2 rings (SSSR count). The van der Waals surface area contributed by atoms with Gasteiger partial charge in [-0.25, -0.2) is 5.43 Å². The van der Waals surface area contributed by atoms with Gasteiger partial charge in [0.1, 0.15) is 5.75 Å². The number of hydrazone groups is 1. The fraction of sp³-hybridized carbons (Fsp3) is 0.0667. The van der Waals surface area contributed by atoms with Crippen molar-refractivity contribution >= 4 is 17.8 Å². The van der Waals surface area contributed by atoms with Crippen molar-refractivity contribution < 1.29 is 19.6 Å². The number of benzene rings is 2. The smallest absolute Gasteiger partial charge is 0.311 e. The van der Waals surface area contributed by atoms with E-state index in [1.54, 1.807) is 24.3 Å². The van der Waals surface area contributed by atoms with E-state index >= 15 is 0 Å². The van der Waals surface area contributed by atoms with Crippen LogP contribution in [0, 0.1) is 10.1 Å². The molecule has 2 N–H and O–H groups in total. The van der Waals surface area contributed by atoms with Crippen molar-refractivity contribution in [3.8, 4) is 11.5 Å². The molecule has 0 atom stereocenters. The Hall–Kier alpha value is -3.42. The van der Waals surface area contributed by atoms with Crippen LogP contribution in [0.2, 0.25) is 0 Å². The molecule has 0 bridgehead atoms. The highest BCUT2D eigenvalue weighted by Crippen LogP contribution is 2.25. The molecule has 23 heavy (non-hydrogen) atoms. The highest BCUT2D eigenvalue weighted by Gasteiger charge is 2.12. The number of phenols is 1. The highest BCUT2D eigenvalue weighted by atomic mass is 16.6. The number of ether oxygens (including phenoxy) is 1. The summed E-state index contributed by atoms with van der Waals surface area (Å²) in [6.07, 6.45) is 1.23. The van der Waals surface area contributed by atoms with Crippen molar-refractivity contribution in [2.24, 2.45) is 5.10 Å². The minimum absolute atomic E-state index is 0.211. The third-order valence-corrected chi connectivity index (χ3v) is 2.71. The molecule has 0 aliphatic rings. The summed E-state index contributed by atoms with van der Waals surface area (Å²) in [6.45, 7) is -0.211. The Balaban J connectivity index is 1.87. The van der Waals surface area contributed by atoms with Gasteiger partial charge in [-0.15, -0.1) is 0 Å². The summed E-state index contributed by atoms with van der Waals surface area (Å²) >= 11 is 0. The van der Waals surface area contributed by atoms with Crippen LogP contribution < -0.4 is 10.2 Å². The summed E-state index contributed by atoms with van der Waals surface area (Å²) in [5.41, 5.74) is 2.16. The number of para-hydroxylation sites is 1. The van der Waals surface area contributed by atoms with Crippen LogP contribution in [0.3, 0.4) is 0 Å². The molecule has 118 valence electrons. The Labute approximate surface area is 131 Å². The van der Waals surface area contributed by atoms with Crippen molar-refractivity contribution in [1.29, 1.82) is 0 Å². The maximum Gasteiger partial charge on any atom is 0.311 e. The number of nitrogens with one attached hydrogen (secondary N) is 1. The fourth-order valence-corrected chi connectivity index (χ4v) is 1.64. The summed E-state index contributed by atoms with van der Waals surface area (Å²) in [7, 11) is 0. The van der Waals surface area contributed by atoms with Gasteiger partial charge in [0.05, 0.1) is 11.1 Å². The van der Waals surface area contributed by atoms with Crippen LogP contribution in [0.4, 0.5) is 5.69 Å². The van der Waals surface area contributed by atoms with E-state index < -0.39 is 22.3 Å². The van der Waals surface area contributed by atoms with E-state index in [4.69, 9.17) is 4.74 Å². The third kappa shape index (κ3) is 4.81. The topological polar surface area (TPSA) is 114 Å². The molecule has 2 aromatic carbocycles. The Bertz CT molecular complexity index is 731. The number of nitrogens with zero attached hydrogens (tertiary/aromatic N) is 2. The lowest BCUT2D eigenvalue weighted by Crippen LogP contribution is -2.24. The van der Waals surface area contributed by atoms with Gasteiger partial charge in [0.15, 0.2) is 12.4 Å². The summed E-state index contributed by atoms with van der Waals surface area (Å²) < 4.78 is 5.23. The molecule has 0 aliphatic heterocycles. The first-order valence-electron chi connectivity index (χ1n) is 6.53. The van der Waals surface area contributed by atoms with Crippen molar-refractivity contribution in [1.82, 2.24) is 5.43 Å². The average Bonchev–Trinajstić information content (AvgIpc) is 2.55. The fourth-order valence-electron chi connectivity index (χ4n) is 1.64. The van der Waals surface area contributed by atoms with Crippen molar-refractivity contribution in [3.05, 3.63) is 64.2 Å². The zero-order valence-corrected chi connectivity index (χ0v) is 11.9. The highest BCUT2D eigenvalue weighted by molar-refractivity contribution is 5.84. The minimum atomic E-state index is -0.709. The molecule has 0 heterocycles. The van der Waals surface area contributed by atoms with E-state index in [0.29, 0.717) is 11.3 Å². The number of phenolic OH excluding ortho intramolecular Hbond substituents is 1. The van der Waals surface area contributed by atoms with Crippen LogP contribution in [0.15, 0.2) is 53.6 Å². The number of aromatic hydroxyl groups is 1. The number of nitro benzene ring substituents is 1. The lowest BCUT2D eigenvalue weighted by atomic mass is 10.2. The van der Waals surface area contributed by atoms with Crippen molar-refractivity contribution in [3.63, 3.8) is 0 Å². The maximum absolute atomic E-state index is 11.5. The number of carbonyl (C=O) groups excluding carboxylic acids is 1. The normalized spacial score (nSPS) is 10.4. The predicted octanol–water partition coefficient (Wildman–Crippen LogP) is 1.83. The van der Waals surface area contributed by atoms with Gasteiger partial charge in [-0.05, 0) is 24.3 Å². The summed E-state index contributed by atoms with van der Waals surface area (Å²) in [5, 5.41) is 23.7. The number of carbonyl (C=O) groups is 1. The zero-order valence-electron chi connectivity index (χ0n) is 11.9. The van der Waals surface area contributed by atoms with E-state index in [-0.39, 0.29) is 6.61 Å². The van der Waals surface area contributed by atoms with E-state index in [9.17, 15) is 20.0 Å². The number of hydrogen-bond donors (Lipinski definition) is 2. The van der Waals surface area contributed by atoms with Crippen LogP contribution in [0.1, 0.15) is 5.56 Å². The largest absolute Gasteiger partial charge is 0.502 e. The molecule has 0 saturated heterocycles. The Morgan fingerprint density at radius 3 is 2.74 bits per heavy atom. The van der Waals surface area contributed by atoms with Crippen LogP contribution in [0.5, 0.6) is 11.5 Å². The molecular formula is C15H13N3O5. The second kappa shape index (κ2) is 7.55. The molecule has 0 unspecified atom stereocenters. The average molecular weight is 315 g/mol. The predicted molar refractivity (Wildman–Crippen MR) is 82.4 cm³/mol. The molecule has 0 spiro atoms. The Morgan fingerprint density at radius 2 is 2.04 bits per heavy atom. The molecule has 8 heteroatoms. The quantitative estimate of drug-likeness (QED) is 0.479. The van der Waals surface area contributed by atoms with E-state index in [1.165, 1.54) is 18.3 Å². The number of nitro groups is 1. The van der Waals surface area contributed by atoms with E-state index in [2.05, 4.69) is 10.5 Å². The van der Waals surface area contributed by atoms with E-state index in [1.807, 2.05) is 6.07 Å². The van der Waals surface area contributed by atoms with Crippen LogP contribution in [0.25, 0.3) is 0 Å². The van der Waals surface area contributed by atoms with E-state index in [0.717, 1.165) is 6.07 Å². The van der Waals surface area contributed by atoms with Gasteiger partial charge >= 0.3 is 5.69 Å². The summed E-state index contributed by atoms with van der Waals surface area (Å²) in [5.74, 6) is -0.355. The molecule has 0 saturated carbocycles. The van der Waals surface area contributed by atoms with Gasteiger partial charge in [-0.3, -0.25) is 14.9 Å². The second-order valence-corrected chi connectivity index (χ2v) is 4.40. The number of hydrogen-bond acceptors (Lipinski definition) is 6. The number of amides is 1. The molecular weight excluding hydrogens is 302 g/mol. The molecule has 2 aromatic rings. The number of rotatable bonds is 6. The molecule has 0 fully saturated rings. The van der Waals surface area contributed by atoms with Crippen LogP contribution in [-0.2, 0) is 4.79 Å². The molecule has 8 nitrogen and oxygen atoms in total. The molecule has 0 aromatic heterocycles. The SMILES string of the molecule is O=C(COc1ccccc1)N/N=C\c1ccc(O)c([N+](=O)[O-])c1. The van der Waals surface area contributed by atoms with Crippen LogP contribution >= 0.6 is 0 Å². The molecule has 0 radical (unpaired) electrons. The first-order valence-corrected chi connectivity index (χ1v) is 6.53. The van der Waals surface area contributed by atoms with Gasteiger partial charge in [0.25, 0.3) is 5.91 Å². The summed E-state index contributed by atoms with van der Waals surface area (Å²) in [4.78, 5) is 21.5. The first-order chi connectivity index (χ1) is 11.1. The van der Waals surface area contributed by atoms with Gasteiger partial charge in [0.2, 0.25) is 0 Å². The maximum atomic E-state index is 11.5. The first kappa shape index (κ1) is 16.0. The molecule has 1 amide bonds. The lowest BCUT2D eigenvalue weighted by Gasteiger charge is -2.04. The van der Waals surface area contributed by atoms with Crippen LogP contribution in [-0.4, -0.2) is 28.8 Å². The molecule has 0 aliphatic carbocycles. The van der Waals surface area contributed by atoms with Gasteiger partial charge in [-0.1, -0.05) is 18.2 Å². The standard InChI is InChI=1S/C15H13N3O5/c19-14-7-6-11(8-13(14)18(21)22)9-16-17-15(20)10-23-12-4-2-1-3-5-12/h1-9,19H,10H2,(H,17,20)/b16-9-. The van der Waals surface area contributed by atoms with Crippen molar-refractivity contribution in [2.75, 3.05) is 6.61 Å². The zero-order chi connectivity index (χ0) is 16.7. The third-order valence-electron chi connectivity index (χ3n) is 2.71. The second-order valence-electron chi connectivity index (χ2n) is 4.40. The van der Waals surface area contributed by atoms with Gasteiger partial charge in [0, 0.05) is 11.6 Å². The minimum Gasteiger partial charge on any atom is -0.502 e. The van der Waals surface area contributed by atoms with Gasteiger partial charge < -0.3 is 9.84 Å². The Kier molecular flexibility index (Phi) is 5.24.